The summed E-state index contributed by atoms with van der Waals surface area (Å²) in [5, 5.41) is 19.8. The van der Waals surface area contributed by atoms with E-state index in [4.69, 9.17) is 5.73 Å². The fourth-order valence-electron chi connectivity index (χ4n) is 4.64. The normalized spacial score (nSPS) is 15.8. The SMILES string of the molecule is CC(C)(O)C#Cc1ccc(-c2cc3c(cn2)CCc2c-3[nH]c(C3(CN)CC3)c2C(=O)O)cc1. The lowest BCUT2D eigenvalue weighted by atomic mass is 9.87. The number of pyridine rings is 1. The zero-order valence-electron chi connectivity index (χ0n) is 18.8. The van der Waals surface area contributed by atoms with Crippen LogP contribution in [-0.4, -0.2) is 38.3 Å². The summed E-state index contributed by atoms with van der Waals surface area (Å²) < 4.78 is 0. The lowest BCUT2D eigenvalue weighted by Gasteiger charge is -2.17. The Balaban J connectivity index is 1.55. The summed E-state index contributed by atoms with van der Waals surface area (Å²) in [7, 11) is 0. The Morgan fingerprint density at radius 3 is 2.58 bits per heavy atom. The average molecular weight is 442 g/mol. The van der Waals surface area contributed by atoms with Crippen LogP contribution in [0.5, 0.6) is 0 Å². The maximum absolute atomic E-state index is 12.2. The van der Waals surface area contributed by atoms with Crippen LogP contribution < -0.4 is 5.73 Å². The maximum Gasteiger partial charge on any atom is 0.337 e. The molecule has 33 heavy (non-hydrogen) atoms. The molecule has 0 unspecified atom stereocenters. The number of hydrogen-bond acceptors (Lipinski definition) is 4. The molecule has 0 amide bonds. The molecule has 1 fully saturated rings. The molecule has 6 nitrogen and oxygen atoms in total. The van der Waals surface area contributed by atoms with Crippen LogP contribution in [0.25, 0.3) is 22.5 Å². The van der Waals surface area contributed by atoms with Gasteiger partial charge in [-0.15, -0.1) is 0 Å². The molecular weight excluding hydrogens is 414 g/mol. The lowest BCUT2D eigenvalue weighted by Crippen LogP contribution is -2.23. The van der Waals surface area contributed by atoms with E-state index in [2.05, 4.69) is 21.8 Å². The smallest absolute Gasteiger partial charge is 0.337 e. The molecule has 5 N–H and O–H groups in total. The minimum Gasteiger partial charge on any atom is -0.478 e. The van der Waals surface area contributed by atoms with E-state index in [9.17, 15) is 15.0 Å². The van der Waals surface area contributed by atoms with E-state index < -0.39 is 11.6 Å². The monoisotopic (exact) mass is 441 g/mol. The van der Waals surface area contributed by atoms with Gasteiger partial charge >= 0.3 is 5.97 Å². The molecular formula is C27H27N3O3. The standard InChI is InChI=1S/C27H27N3O3/c1-26(2,33)10-9-16-3-5-17(6-4-16)21-13-20-18(14-29-21)7-8-19-22(25(31)32)24(30-23(19)20)27(15-28)11-12-27/h3-6,13-14,30,33H,7-8,11-12,15,28H2,1-2H3,(H,31,32). The van der Waals surface area contributed by atoms with Crippen LogP contribution in [0.1, 0.15) is 59.4 Å². The van der Waals surface area contributed by atoms with Crippen molar-refractivity contribution in [3.63, 3.8) is 0 Å². The molecule has 0 saturated heterocycles. The molecule has 2 aromatic heterocycles. The summed E-state index contributed by atoms with van der Waals surface area (Å²) in [5.74, 6) is 4.91. The average Bonchev–Trinajstić information content (AvgIpc) is 3.49. The van der Waals surface area contributed by atoms with Gasteiger partial charge in [0.05, 0.1) is 17.0 Å². The molecule has 0 atom stereocenters. The highest BCUT2D eigenvalue weighted by atomic mass is 16.4. The second-order valence-electron chi connectivity index (χ2n) is 9.63. The molecule has 0 aliphatic heterocycles. The summed E-state index contributed by atoms with van der Waals surface area (Å²) >= 11 is 0. The number of aromatic carboxylic acids is 1. The van der Waals surface area contributed by atoms with E-state index >= 15 is 0 Å². The van der Waals surface area contributed by atoms with E-state index in [1.165, 1.54) is 0 Å². The molecule has 168 valence electrons. The Kier molecular flexibility index (Phi) is 4.93. The molecule has 0 bridgehead atoms. The first-order valence-electron chi connectivity index (χ1n) is 11.2. The van der Waals surface area contributed by atoms with Crippen molar-refractivity contribution in [2.45, 2.75) is 50.5 Å². The Morgan fingerprint density at radius 1 is 1.24 bits per heavy atom. The Labute approximate surface area is 192 Å². The number of rotatable bonds is 4. The van der Waals surface area contributed by atoms with Gasteiger partial charge in [-0.3, -0.25) is 4.98 Å². The van der Waals surface area contributed by atoms with Gasteiger partial charge in [0.1, 0.15) is 5.60 Å². The number of H-pyrrole nitrogens is 1. The van der Waals surface area contributed by atoms with Gasteiger partial charge in [0.15, 0.2) is 0 Å². The van der Waals surface area contributed by atoms with Gasteiger partial charge in [-0.1, -0.05) is 24.0 Å². The molecule has 5 rings (SSSR count). The fraction of sp³-hybridized carbons (Fsp3) is 0.333. The molecule has 2 aliphatic carbocycles. The lowest BCUT2D eigenvalue weighted by molar-refractivity contribution is 0.0693. The third-order valence-corrected chi connectivity index (χ3v) is 6.69. The number of carboxylic acids is 1. The van der Waals surface area contributed by atoms with Gasteiger partial charge in [-0.05, 0) is 68.9 Å². The predicted octanol–water partition coefficient (Wildman–Crippen LogP) is 3.65. The first-order valence-corrected chi connectivity index (χ1v) is 11.2. The van der Waals surface area contributed by atoms with Crippen molar-refractivity contribution in [1.82, 2.24) is 9.97 Å². The Hall–Kier alpha value is -3.40. The first kappa shape index (κ1) is 21.4. The van der Waals surface area contributed by atoms with Crippen LogP contribution in [0.15, 0.2) is 36.5 Å². The molecule has 0 radical (unpaired) electrons. The minimum atomic E-state index is -1.04. The summed E-state index contributed by atoms with van der Waals surface area (Å²) in [6.07, 6.45) is 5.16. The molecule has 3 aromatic rings. The predicted molar refractivity (Wildman–Crippen MR) is 127 cm³/mol. The topological polar surface area (TPSA) is 112 Å². The number of nitrogens with one attached hydrogen (secondary N) is 1. The zero-order valence-corrected chi connectivity index (χ0v) is 18.8. The van der Waals surface area contributed by atoms with Crippen molar-refractivity contribution >= 4 is 5.97 Å². The second-order valence-corrected chi connectivity index (χ2v) is 9.63. The van der Waals surface area contributed by atoms with Crippen molar-refractivity contribution < 1.29 is 15.0 Å². The second kappa shape index (κ2) is 7.58. The number of carboxylic acid groups (broad SMARTS) is 1. The summed E-state index contributed by atoms with van der Waals surface area (Å²) in [5.41, 5.74) is 12.4. The highest BCUT2D eigenvalue weighted by Gasteiger charge is 2.48. The number of carbonyl (C=O) groups is 1. The summed E-state index contributed by atoms with van der Waals surface area (Å²) in [4.78, 5) is 20.3. The van der Waals surface area contributed by atoms with Gasteiger partial charge < -0.3 is 20.9 Å². The van der Waals surface area contributed by atoms with Crippen LogP contribution >= 0.6 is 0 Å². The number of fused-ring (bicyclic) bond motifs is 3. The van der Waals surface area contributed by atoms with Crippen molar-refractivity contribution in [2.75, 3.05) is 6.54 Å². The number of aryl methyl sites for hydroxylation is 1. The first-order chi connectivity index (χ1) is 15.7. The van der Waals surface area contributed by atoms with Gasteiger partial charge in [-0.25, -0.2) is 4.79 Å². The minimum absolute atomic E-state index is 0.235. The number of benzene rings is 1. The maximum atomic E-state index is 12.2. The van der Waals surface area contributed by atoms with Crippen molar-refractivity contribution in [3.05, 3.63) is 64.5 Å². The number of aromatic amines is 1. The van der Waals surface area contributed by atoms with Gasteiger partial charge in [0, 0.05) is 40.5 Å². The molecule has 2 aliphatic rings. The number of hydrogen-bond donors (Lipinski definition) is 4. The van der Waals surface area contributed by atoms with Crippen molar-refractivity contribution in [3.8, 4) is 34.4 Å². The third kappa shape index (κ3) is 3.84. The summed E-state index contributed by atoms with van der Waals surface area (Å²) in [6.45, 7) is 3.75. The van der Waals surface area contributed by atoms with E-state index in [0.717, 1.165) is 64.2 Å². The third-order valence-electron chi connectivity index (χ3n) is 6.69. The van der Waals surface area contributed by atoms with E-state index in [-0.39, 0.29) is 5.41 Å². The number of aromatic nitrogens is 2. The van der Waals surface area contributed by atoms with Crippen molar-refractivity contribution in [1.29, 1.82) is 0 Å². The number of nitrogens with zero attached hydrogens (tertiary/aromatic N) is 1. The zero-order chi connectivity index (χ0) is 23.4. The van der Waals surface area contributed by atoms with E-state index in [0.29, 0.717) is 18.5 Å². The molecule has 6 heteroatoms. The molecule has 0 spiro atoms. The number of aliphatic hydroxyl groups is 1. The van der Waals surface area contributed by atoms with Crippen LogP contribution in [0.2, 0.25) is 0 Å². The fourth-order valence-corrected chi connectivity index (χ4v) is 4.64. The Morgan fingerprint density at radius 2 is 1.97 bits per heavy atom. The van der Waals surface area contributed by atoms with Crippen LogP contribution in [0.4, 0.5) is 0 Å². The summed E-state index contributed by atoms with van der Waals surface area (Å²) in [6, 6.07) is 9.79. The Bertz CT molecular complexity index is 1310. The molecule has 1 saturated carbocycles. The van der Waals surface area contributed by atoms with Gasteiger partial charge in [0.2, 0.25) is 0 Å². The van der Waals surface area contributed by atoms with Gasteiger partial charge in [-0.2, -0.15) is 0 Å². The highest BCUT2D eigenvalue weighted by Crippen LogP contribution is 2.51. The largest absolute Gasteiger partial charge is 0.478 e. The number of nitrogens with two attached hydrogens (primary N) is 1. The quantitative estimate of drug-likeness (QED) is 0.462. The van der Waals surface area contributed by atoms with Crippen LogP contribution in [-0.2, 0) is 18.3 Å². The molecule has 1 aromatic carbocycles. The van der Waals surface area contributed by atoms with Gasteiger partial charge in [0.25, 0.3) is 0 Å². The highest BCUT2D eigenvalue weighted by molar-refractivity contribution is 5.95. The van der Waals surface area contributed by atoms with E-state index in [1.54, 1.807) is 13.8 Å². The van der Waals surface area contributed by atoms with E-state index in [1.807, 2.05) is 36.5 Å². The van der Waals surface area contributed by atoms with Crippen LogP contribution in [0.3, 0.4) is 0 Å². The molecule has 2 heterocycles. The van der Waals surface area contributed by atoms with Crippen LogP contribution in [0, 0.1) is 11.8 Å². The van der Waals surface area contributed by atoms with Crippen molar-refractivity contribution in [2.24, 2.45) is 5.73 Å².